The Hall–Kier alpha value is -2.97. The van der Waals surface area contributed by atoms with Gasteiger partial charge in [-0.2, -0.15) is 0 Å². The van der Waals surface area contributed by atoms with Crippen molar-refractivity contribution in [1.82, 2.24) is 9.80 Å². The molecule has 39 heavy (non-hydrogen) atoms. The van der Waals surface area contributed by atoms with Gasteiger partial charge in [0.15, 0.2) is 0 Å². The summed E-state index contributed by atoms with van der Waals surface area (Å²) < 4.78 is 12.3. The quantitative estimate of drug-likeness (QED) is 0.208. The van der Waals surface area contributed by atoms with Crippen molar-refractivity contribution in [2.24, 2.45) is 11.8 Å². The van der Waals surface area contributed by atoms with Gasteiger partial charge < -0.3 is 24.4 Å². The summed E-state index contributed by atoms with van der Waals surface area (Å²) in [7, 11) is 0. The molecule has 2 unspecified atom stereocenters. The van der Waals surface area contributed by atoms with Gasteiger partial charge in [-0.3, -0.25) is 14.4 Å². The fraction of sp³-hybridized carbons (Fsp3) is 0.581. The standard InChI is InChI=1S/C31H42N2O6/c1-4-18-32(22-23-14-10-9-11-15-23)28(36)26-31-17-16-30(6-3,39-31)25(29(37)38-21-5-2)24(31)27(35)33(26)19-12-7-8-13-20-34/h4-5,9-11,14-15,24-26,34H,1-2,6-8,12-13,16-22H2,3H3/t24-,25+,26?,30-,31?/m0/s1. The van der Waals surface area contributed by atoms with Crippen LogP contribution >= 0.6 is 0 Å². The molecule has 2 amide bonds. The molecule has 3 saturated heterocycles. The number of fused-ring (bicyclic) bond motifs is 1. The van der Waals surface area contributed by atoms with Crippen LogP contribution in [-0.4, -0.2) is 76.2 Å². The van der Waals surface area contributed by atoms with Crippen LogP contribution in [0.25, 0.3) is 0 Å². The fourth-order valence-electron chi connectivity index (χ4n) is 6.94. The lowest BCUT2D eigenvalue weighted by atomic mass is 9.65. The Morgan fingerprint density at radius 1 is 1.15 bits per heavy atom. The largest absolute Gasteiger partial charge is 0.461 e. The van der Waals surface area contributed by atoms with Gasteiger partial charge in [-0.25, -0.2) is 0 Å². The van der Waals surface area contributed by atoms with Crippen molar-refractivity contribution in [3.63, 3.8) is 0 Å². The molecule has 3 aliphatic heterocycles. The first kappa shape index (κ1) is 29.0. The summed E-state index contributed by atoms with van der Waals surface area (Å²) in [5, 5.41) is 9.15. The predicted molar refractivity (Wildman–Crippen MR) is 147 cm³/mol. The van der Waals surface area contributed by atoms with Gasteiger partial charge in [-0.05, 0) is 37.7 Å². The molecule has 1 aromatic rings. The second-order valence-electron chi connectivity index (χ2n) is 10.9. The molecular formula is C31H42N2O6. The Kier molecular flexibility index (Phi) is 9.28. The van der Waals surface area contributed by atoms with Gasteiger partial charge in [0, 0.05) is 26.2 Å². The minimum atomic E-state index is -1.08. The number of esters is 1. The molecule has 0 radical (unpaired) electrons. The maximum absolute atomic E-state index is 14.4. The molecule has 8 nitrogen and oxygen atoms in total. The number of rotatable bonds is 15. The van der Waals surface area contributed by atoms with Crippen LogP contribution in [0.1, 0.15) is 57.4 Å². The van der Waals surface area contributed by atoms with Gasteiger partial charge in [-0.1, -0.05) is 68.8 Å². The maximum atomic E-state index is 14.4. The third kappa shape index (κ3) is 5.29. The average molecular weight is 539 g/mol. The van der Waals surface area contributed by atoms with E-state index in [0.717, 1.165) is 18.4 Å². The summed E-state index contributed by atoms with van der Waals surface area (Å²) in [4.78, 5) is 45.4. The summed E-state index contributed by atoms with van der Waals surface area (Å²) in [6.07, 6.45) is 7.95. The summed E-state index contributed by atoms with van der Waals surface area (Å²) in [6, 6.07) is 8.91. The van der Waals surface area contributed by atoms with Gasteiger partial charge >= 0.3 is 5.97 Å². The lowest BCUT2D eigenvalue weighted by Gasteiger charge is -2.37. The van der Waals surface area contributed by atoms with Gasteiger partial charge in [-0.15, -0.1) is 6.58 Å². The van der Waals surface area contributed by atoms with Crippen LogP contribution in [0.15, 0.2) is 55.6 Å². The van der Waals surface area contributed by atoms with Gasteiger partial charge in [0.1, 0.15) is 24.2 Å². The molecule has 3 fully saturated rings. The van der Waals surface area contributed by atoms with Gasteiger partial charge in [0.2, 0.25) is 11.8 Å². The van der Waals surface area contributed by atoms with Crippen molar-refractivity contribution in [3.8, 4) is 0 Å². The first-order valence-electron chi connectivity index (χ1n) is 14.2. The molecule has 3 heterocycles. The van der Waals surface area contributed by atoms with Crippen LogP contribution in [0.5, 0.6) is 0 Å². The smallest absolute Gasteiger partial charge is 0.313 e. The number of carbonyl (C=O) groups excluding carboxylic acids is 3. The van der Waals surface area contributed by atoms with E-state index in [0.29, 0.717) is 51.7 Å². The van der Waals surface area contributed by atoms with Crippen LogP contribution in [-0.2, 0) is 30.4 Å². The Balaban J connectivity index is 1.70. The molecule has 5 atom stereocenters. The lowest BCUT2D eigenvalue weighted by Crippen LogP contribution is -2.56. The monoisotopic (exact) mass is 538 g/mol. The van der Waals surface area contributed by atoms with Crippen molar-refractivity contribution in [1.29, 1.82) is 0 Å². The molecule has 212 valence electrons. The first-order valence-corrected chi connectivity index (χ1v) is 14.2. The number of aliphatic hydroxyl groups is 1. The number of benzene rings is 1. The van der Waals surface area contributed by atoms with Crippen molar-refractivity contribution < 1.29 is 29.0 Å². The van der Waals surface area contributed by atoms with Crippen molar-refractivity contribution in [2.75, 3.05) is 26.3 Å². The first-order chi connectivity index (χ1) is 18.9. The predicted octanol–water partition coefficient (Wildman–Crippen LogP) is 3.64. The van der Waals surface area contributed by atoms with E-state index in [9.17, 15) is 14.4 Å². The maximum Gasteiger partial charge on any atom is 0.313 e. The Morgan fingerprint density at radius 3 is 2.56 bits per heavy atom. The van der Waals surface area contributed by atoms with Crippen LogP contribution in [0.4, 0.5) is 0 Å². The average Bonchev–Trinajstić information content (AvgIpc) is 3.55. The minimum absolute atomic E-state index is 0.0597. The SMILES string of the molecule is C=CCOC(=O)[C@H]1[C@H]2C(=O)N(CCCCCCO)C(C(=O)N(CC=C)Cc3ccccc3)C23CC[C@]1(CC)O3. The second-order valence-corrected chi connectivity index (χ2v) is 10.9. The van der Waals surface area contributed by atoms with Crippen molar-refractivity contribution >= 4 is 17.8 Å². The van der Waals surface area contributed by atoms with E-state index < -0.39 is 35.0 Å². The third-order valence-corrected chi connectivity index (χ3v) is 8.70. The molecule has 4 rings (SSSR count). The highest BCUT2D eigenvalue weighted by atomic mass is 16.6. The topological polar surface area (TPSA) is 96.4 Å². The number of hydrogen-bond acceptors (Lipinski definition) is 6. The molecule has 0 saturated carbocycles. The van der Waals surface area contributed by atoms with Crippen LogP contribution in [0.2, 0.25) is 0 Å². The number of carbonyl (C=O) groups is 3. The number of nitrogens with zero attached hydrogens (tertiary/aromatic N) is 2. The minimum Gasteiger partial charge on any atom is -0.461 e. The highest BCUT2D eigenvalue weighted by Crippen LogP contribution is 2.64. The molecule has 1 spiro atoms. The molecule has 3 aliphatic rings. The van der Waals surface area contributed by atoms with Gasteiger partial charge in [0.25, 0.3) is 0 Å². The molecular weight excluding hydrogens is 496 g/mol. The summed E-state index contributed by atoms with van der Waals surface area (Å²) in [5.41, 5.74) is -0.926. The zero-order chi connectivity index (χ0) is 28.0. The Morgan fingerprint density at radius 2 is 1.90 bits per heavy atom. The summed E-state index contributed by atoms with van der Waals surface area (Å²) in [5.74, 6) is -2.38. The molecule has 1 N–H and O–H groups in total. The van der Waals surface area contributed by atoms with E-state index in [-0.39, 0.29) is 25.0 Å². The van der Waals surface area contributed by atoms with E-state index >= 15 is 0 Å². The number of unbranched alkanes of at least 4 members (excludes halogenated alkanes) is 3. The number of aliphatic hydroxyl groups excluding tert-OH is 1. The number of likely N-dealkylation sites (tertiary alicyclic amines) is 1. The number of amides is 2. The molecule has 8 heteroatoms. The second kappa shape index (κ2) is 12.5. The zero-order valence-corrected chi connectivity index (χ0v) is 23.1. The summed E-state index contributed by atoms with van der Waals surface area (Å²) in [6.45, 7) is 10.8. The van der Waals surface area contributed by atoms with Crippen molar-refractivity contribution in [3.05, 3.63) is 61.2 Å². The highest BCUT2D eigenvalue weighted by Gasteiger charge is 2.79. The highest BCUT2D eigenvalue weighted by molar-refractivity contribution is 5.98. The van der Waals surface area contributed by atoms with E-state index in [1.54, 1.807) is 15.9 Å². The summed E-state index contributed by atoms with van der Waals surface area (Å²) >= 11 is 0. The molecule has 0 aromatic heterocycles. The fourth-order valence-corrected chi connectivity index (χ4v) is 6.94. The number of ether oxygens (including phenoxy) is 2. The van der Waals surface area contributed by atoms with Crippen LogP contribution < -0.4 is 0 Å². The van der Waals surface area contributed by atoms with Crippen LogP contribution in [0.3, 0.4) is 0 Å². The lowest BCUT2D eigenvalue weighted by molar-refractivity contribution is -0.161. The van der Waals surface area contributed by atoms with E-state index in [4.69, 9.17) is 14.6 Å². The number of hydrogen-bond donors (Lipinski definition) is 1. The molecule has 0 aliphatic carbocycles. The third-order valence-electron chi connectivity index (χ3n) is 8.70. The molecule has 2 bridgehead atoms. The Labute approximate surface area is 231 Å². The van der Waals surface area contributed by atoms with E-state index in [1.165, 1.54) is 6.08 Å². The zero-order valence-electron chi connectivity index (χ0n) is 23.1. The molecule has 1 aromatic carbocycles. The van der Waals surface area contributed by atoms with Gasteiger partial charge in [0.05, 0.1) is 11.5 Å². The Bertz CT molecular complexity index is 1060. The normalized spacial score (nSPS) is 28.8. The van der Waals surface area contributed by atoms with Crippen molar-refractivity contribution in [2.45, 2.75) is 75.7 Å². The van der Waals surface area contributed by atoms with E-state index in [1.807, 2.05) is 37.3 Å². The van der Waals surface area contributed by atoms with Crippen LogP contribution in [0, 0.1) is 11.8 Å². The van der Waals surface area contributed by atoms with E-state index in [2.05, 4.69) is 13.2 Å².